The summed E-state index contributed by atoms with van der Waals surface area (Å²) < 4.78 is 0. The van der Waals surface area contributed by atoms with Gasteiger partial charge < -0.3 is 5.11 Å². The van der Waals surface area contributed by atoms with Crippen LogP contribution in [0.2, 0.25) is 10.2 Å². The number of halogens is 2. The summed E-state index contributed by atoms with van der Waals surface area (Å²) >= 11 is 11.5. The first-order valence-corrected chi connectivity index (χ1v) is 3.82. The Hall–Kier alpha value is -0.310. The van der Waals surface area contributed by atoms with Crippen molar-refractivity contribution in [1.82, 2.24) is 4.98 Å². The van der Waals surface area contributed by atoms with Gasteiger partial charge in [0.1, 0.15) is 5.15 Å². The summed E-state index contributed by atoms with van der Waals surface area (Å²) in [5.41, 5.74) is 1.31. The van der Waals surface area contributed by atoms with E-state index in [0.29, 0.717) is 21.3 Å². The zero-order valence-electron chi connectivity index (χ0n) is 5.93. The lowest BCUT2D eigenvalue weighted by molar-refractivity contribution is 0.281. The Morgan fingerprint density at radius 2 is 2.18 bits per heavy atom. The molecule has 1 rings (SSSR count). The highest BCUT2D eigenvalue weighted by atomic mass is 35.5. The lowest BCUT2D eigenvalue weighted by Gasteiger charge is -2.03. The van der Waals surface area contributed by atoms with E-state index in [9.17, 15) is 0 Å². The van der Waals surface area contributed by atoms with Crippen molar-refractivity contribution in [2.24, 2.45) is 0 Å². The van der Waals surface area contributed by atoms with Gasteiger partial charge in [-0.1, -0.05) is 23.2 Å². The molecule has 0 aromatic carbocycles. The van der Waals surface area contributed by atoms with E-state index in [4.69, 9.17) is 28.3 Å². The van der Waals surface area contributed by atoms with Crippen molar-refractivity contribution in [1.29, 1.82) is 0 Å². The zero-order chi connectivity index (χ0) is 8.43. The Bertz CT molecular complexity index is 275. The molecule has 60 valence electrons. The van der Waals surface area contributed by atoms with Crippen LogP contribution >= 0.6 is 23.2 Å². The van der Waals surface area contributed by atoms with Crippen LogP contribution in [0.15, 0.2) is 6.20 Å². The van der Waals surface area contributed by atoms with Crippen molar-refractivity contribution < 1.29 is 5.11 Å². The number of hydrogen-bond acceptors (Lipinski definition) is 2. The molecule has 0 atom stereocenters. The van der Waals surface area contributed by atoms with E-state index in [0.717, 1.165) is 0 Å². The third kappa shape index (κ3) is 1.64. The second-order valence-electron chi connectivity index (χ2n) is 2.17. The number of aliphatic hydroxyl groups excluding tert-OH is 1. The molecule has 2 nitrogen and oxygen atoms in total. The summed E-state index contributed by atoms with van der Waals surface area (Å²) in [6.45, 7) is 1.65. The summed E-state index contributed by atoms with van der Waals surface area (Å²) in [5.74, 6) is 0. The highest BCUT2D eigenvalue weighted by Gasteiger charge is 2.06. The summed E-state index contributed by atoms with van der Waals surface area (Å²) in [4.78, 5) is 3.83. The van der Waals surface area contributed by atoms with Crippen molar-refractivity contribution in [3.05, 3.63) is 27.5 Å². The Labute approximate surface area is 74.8 Å². The molecule has 0 fully saturated rings. The monoisotopic (exact) mass is 191 g/mol. The molecule has 1 heterocycles. The minimum Gasteiger partial charge on any atom is -0.392 e. The standard InChI is InChI=1S/C7H7Cl2NO/c1-4-6(8)5(3-11)2-10-7(4)9/h2,11H,3H2,1H3. The average Bonchev–Trinajstić information content (AvgIpc) is 2.01. The van der Waals surface area contributed by atoms with Crippen molar-refractivity contribution in [3.63, 3.8) is 0 Å². The zero-order valence-corrected chi connectivity index (χ0v) is 7.45. The second-order valence-corrected chi connectivity index (χ2v) is 2.91. The lowest BCUT2D eigenvalue weighted by atomic mass is 10.2. The predicted octanol–water partition coefficient (Wildman–Crippen LogP) is 2.19. The highest BCUT2D eigenvalue weighted by molar-refractivity contribution is 6.35. The van der Waals surface area contributed by atoms with Gasteiger partial charge in [-0.25, -0.2) is 4.98 Å². The van der Waals surface area contributed by atoms with E-state index in [1.54, 1.807) is 6.92 Å². The average molecular weight is 192 g/mol. The maximum Gasteiger partial charge on any atom is 0.133 e. The molecule has 0 spiro atoms. The van der Waals surface area contributed by atoms with Crippen LogP contribution in [0.25, 0.3) is 0 Å². The smallest absolute Gasteiger partial charge is 0.133 e. The van der Waals surface area contributed by atoms with E-state index in [-0.39, 0.29) is 6.61 Å². The van der Waals surface area contributed by atoms with Crippen LogP contribution in [0.5, 0.6) is 0 Å². The van der Waals surface area contributed by atoms with Crippen molar-refractivity contribution in [2.45, 2.75) is 13.5 Å². The first-order chi connectivity index (χ1) is 5.16. The van der Waals surface area contributed by atoms with Gasteiger partial charge in [0.05, 0.1) is 11.6 Å². The molecule has 11 heavy (non-hydrogen) atoms. The molecule has 1 aromatic heterocycles. The van der Waals surface area contributed by atoms with Crippen LogP contribution < -0.4 is 0 Å². The fourth-order valence-corrected chi connectivity index (χ4v) is 1.12. The molecule has 0 bridgehead atoms. The number of hydrogen-bond donors (Lipinski definition) is 1. The summed E-state index contributed by atoms with van der Waals surface area (Å²) in [6, 6.07) is 0. The molecule has 0 amide bonds. The van der Waals surface area contributed by atoms with Gasteiger partial charge >= 0.3 is 0 Å². The van der Waals surface area contributed by atoms with E-state index in [1.165, 1.54) is 6.20 Å². The Morgan fingerprint density at radius 1 is 1.55 bits per heavy atom. The first kappa shape index (κ1) is 8.78. The molecule has 4 heteroatoms. The summed E-state index contributed by atoms with van der Waals surface area (Å²) in [5, 5.41) is 9.64. The Morgan fingerprint density at radius 3 is 2.73 bits per heavy atom. The fourth-order valence-electron chi connectivity index (χ4n) is 0.730. The normalized spacial score (nSPS) is 10.2. The van der Waals surface area contributed by atoms with Crippen molar-refractivity contribution in [2.75, 3.05) is 0 Å². The maximum atomic E-state index is 8.77. The molecule has 0 unspecified atom stereocenters. The number of rotatable bonds is 1. The SMILES string of the molecule is Cc1c(Cl)ncc(CO)c1Cl. The van der Waals surface area contributed by atoms with Crippen LogP contribution in [-0.4, -0.2) is 10.1 Å². The molecular formula is C7H7Cl2NO. The minimum atomic E-state index is -0.107. The highest BCUT2D eigenvalue weighted by Crippen LogP contribution is 2.24. The van der Waals surface area contributed by atoms with Gasteiger partial charge in [-0.3, -0.25) is 0 Å². The molecular weight excluding hydrogens is 185 g/mol. The number of aromatic nitrogens is 1. The largest absolute Gasteiger partial charge is 0.392 e. The molecule has 0 saturated heterocycles. The third-order valence-electron chi connectivity index (χ3n) is 1.42. The van der Waals surface area contributed by atoms with Gasteiger partial charge in [-0.2, -0.15) is 0 Å². The van der Waals surface area contributed by atoms with Crippen LogP contribution in [0.4, 0.5) is 0 Å². The number of nitrogens with zero attached hydrogens (tertiary/aromatic N) is 1. The number of pyridine rings is 1. The topological polar surface area (TPSA) is 33.1 Å². The summed E-state index contributed by atoms with van der Waals surface area (Å²) in [6.07, 6.45) is 1.47. The van der Waals surface area contributed by atoms with Gasteiger partial charge in [0.2, 0.25) is 0 Å². The molecule has 1 aromatic rings. The van der Waals surface area contributed by atoms with E-state index < -0.39 is 0 Å². The van der Waals surface area contributed by atoms with Gasteiger partial charge in [0, 0.05) is 17.3 Å². The predicted molar refractivity (Wildman–Crippen MR) is 44.9 cm³/mol. The third-order valence-corrected chi connectivity index (χ3v) is 2.33. The molecule has 0 aliphatic rings. The minimum absolute atomic E-state index is 0.107. The van der Waals surface area contributed by atoms with E-state index >= 15 is 0 Å². The lowest BCUT2D eigenvalue weighted by Crippen LogP contribution is -1.91. The number of aliphatic hydroxyl groups is 1. The van der Waals surface area contributed by atoms with Crippen molar-refractivity contribution >= 4 is 23.2 Å². The van der Waals surface area contributed by atoms with Crippen molar-refractivity contribution in [3.8, 4) is 0 Å². The Balaban J connectivity index is 3.25. The second kappa shape index (κ2) is 3.39. The first-order valence-electron chi connectivity index (χ1n) is 3.07. The molecule has 0 aliphatic heterocycles. The molecule has 0 aliphatic carbocycles. The van der Waals surface area contributed by atoms with E-state index in [2.05, 4.69) is 4.98 Å². The van der Waals surface area contributed by atoms with Crippen LogP contribution in [0, 0.1) is 6.92 Å². The molecule has 0 radical (unpaired) electrons. The summed E-state index contributed by atoms with van der Waals surface area (Å²) in [7, 11) is 0. The Kier molecular flexibility index (Phi) is 2.71. The fraction of sp³-hybridized carbons (Fsp3) is 0.286. The van der Waals surface area contributed by atoms with Gasteiger partial charge in [0.25, 0.3) is 0 Å². The quantitative estimate of drug-likeness (QED) is 0.691. The van der Waals surface area contributed by atoms with Gasteiger partial charge in [-0.15, -0.1) is 0 Å². The molecule has 1 N–H and O–H groups in total. The van der Waals surface area contributed by atoms with E-state index in [1.807, 2.05) is 0 Å². The van der Waals surface area contributed by atoms with Crippen LogP contribution in [0.3, 0.4) is 0 Å². The van der Waals surface area contributed by atoms with Gasteiger partial charge in [0.15, 0.2) is 0 Å². The maximum absolute atomic E-state index is 8.77. The van der Waals surface area contributed by atoms with Crippen LogP contribution in [-0.2, 0) is 6.61 Å². The van der Waals surface area contributed by atoms with Gasteiger partial charge in [-0.05, 0) is 6.92 Å². The van der Waals surface area contributed by atoms with Crippen LogP contribution in [0.1, 0.15) is 11.1 Å². The molecule has 0 saturated carbocycles.